The zero-order chi connectivity index (χ0) is 24.3. The molecule has 4 N–H and O–H groups in total. The second-order valence-corrected chi connectivity index (χ2v) is 9.75. The van der Waals surface area contributed by atoms with E-state index in [9.17, 15) is 13.2 Å². The van der Waals surface area contributed by atoms with E-state index in [-0.39, 0.29) is 16.4 Å². The highest BCUT2D eigenvalue weighted by atomic mass is 32.2. The van der Waals surface area contributed by atoms with Crippen LogP contribution in [0, 0.1) is 5.41 Å². The third-order valence-corrected chi connectivity index (χ3v) is 7.28. The van der Waals surface area contributed by atoms with Crippen molar-refractivity contribution in [1.82, 2.24) is 19.6 Å². The van der Waals surface area contributed by atoms with Gasteiger partial charge in [0, 0.05) is 43.1 Å². The van der Waals surface area contributed by atoms with E-state index in [1.54, 1.807) is 56.7 Å². The van der Waals surface area contributed by atoms with Crippen LogP contribution in [0.4, 0.5) is 11.4 Å². The molecular formula is C23H26N6O4S. The molecule has 0 saturated carbocycles. The van der Waals surface area contributed by atoms with Gasteiger partial charge in [-0.1, -0.05) is 6.07 Å². The highest BCUT2D eigenvalue weighted by Crippen LogP contribution is 2.26. The summed E-state index contributed by atoms with van der Waals surface area (Å²) in [4.78, 5) is 20.5. The third kappa shape index (κ3) is 4.86. The standard InChI is InChI=1S/C23H26N6O4S/c1-15(24)10-21(25-2)22(30)20-14-27-23-19(20)12-17(13-26-23)28-16-4-3-5-18(11-16)34(31,32)29-6-8-33-9-7-29/h3-5,10-14,24-25,28H,6-9H2,1-2H3,(H,26,27)/b21-10-,24-15?. The van der Waals surface area contributed by atoms with Gasteiger partial charge in [-0.05, 0) is 37.3 Å². The smallest absolute Gasteiger partial charge is 0.243 e. The third-order valence-electron chi connectivity index (χ3n) is 5.38. The number of morpholine rings is 1. The Morgan fingerprint density at radius 3 is 2.71 bits per heavy atom. The molecule has 1 saturated heterocycles. The average molecular weight is 483 g/mol. The monoisotopic (exact) mass is 482 g/mol. The number of H-pyrrole nitrogens is 1. The van der Waals surface area contributed by atoms with Crippen LogP contribution in [-0.4, -0.2) is 67.5 Å². The topological polar surface area (TPSA) is 140 Å². The molecule has 2 aromatic heterocycles. The Balaban J connectivity index is 1.62. The van der Waals surface area contributed by atoms with E-state index in [1.165, 1.54) is 10.4 Å². The predicted molar refractivity (Wildman–Crippen MR) is 130 cm³/mol. The Morgan fingerprint density at radius 2 is 2.00 bits per heavy atom. The molecule has 0 amide bonds. The van der Waals surface area contributed by atoms with Gasteiger partial charge in [-0.15, -0.1) is 0 Å². The quantitative estimate of drug-likeness (QED) is 0.220. The van der Waals surface area contributed by atoms with Crippen molar-refractivity contribution < 1.29 is 17.9 Å². The van der Waals surface area contributed by atoms with Crippen molar-refractivity contribution in [1.29, 1.82) is 5.41 Å². The Labute approximate surface area is 197 Å². The van der Waals surface area contributed by atoms with Gasteiger partial charge in [0.2, 0.25) is 15.8 Å². The molecule has 1 aliphatic rings. The lowest BCUT2D eigenvalue weighted by molar-refractivity contribution is 0.0730. The molecule has 3 aromatic rings. The lowest BCUT2D eigenvalue weighted by Gasteiger charge is -2.26. The van der Waals surface area contributed by atoms with E-state index in [0.717, 1.165) is 0 Å². The fourth-order valence-corrected chi connectivity index (χ4v) is 5.16. The summed E-state index contributed by atoms with van der Waals surface area (Å²) in [5.41, 5.74) is 2.68. The summed E-state index contributed by atoms with van der Waals surface area (Å²) >= 11 is 0. The number of pyridine rings is 1. The maximum Gasteiger partial charge on any atom is 0.243 e. The van der Waals surface area contributed by atoms with Crippen LogP contribution in [0.25, 0.3) is 11.0 Å². The Hall–Kier alpha value is -3.54. The number of nitrogens with zero attached hydrogens (tertiary/aromatic N) is 2. The van der Waals surface area contributed by atoms with Crippen molar-refractivity contribution in [3.63, 3.8) is 0 Å². The van der Waals surface area contributed by atoms with Crippen LogP contribution in [0.2, 0.25) is 0 Å². The van der Waals surface area contributed by atoms with Crippen molar-refractivity contribution in [2.24, 2.45) is 0 Å². The number of anilines is 2. The zero-order valence-electron chi connectivity index (χ0n) is 18.9. The summed E-state index contributed by atoms with van der Waals surface area (Å²) in [6.07, 6.45) is 4.66. The van der Waals surface area contributed by atoms with E-state index < -0.39 is 10.0 Å². The van der Waals surface area contributed by atoms with Gasteiger partial charge < -0.3 is 25.8 Å². The maximum absolute atomic E-state index is 13.0. The van der Waals surface area contributed by atoms with E-state index >= 15 is 0 Å². The Bertz CT molecular complexity index is 1370. The van der Waals surface area contributed by atoms with E-state index in [2.05, 4.69) is 20.6 Å². The normalized spacial score (nSPS) is 15.3. The Morgan fingerprint density at radius 1 is 1.24 bits per heavy atom. The second kappa shape index (κ2) is 9.75. The van der Waals surface area contributed by atoms with Crippen LogP contribution in [0.5, 0.6) is 0 Å². The number of benzene rings is 1. The number of fused-ring (bicyclic) bond motifs is 1. The van der Waals surface area contributed by atoms with Crippen molar-refractivity contribution in [3.8, 4) is 0 Å². The van der Waals surface area contributed by atoms with Gasteiger partial charge in [0.15, 0.2) is 0 Å². The number of likely N-dealkylation sites (N-methyl/N-ethyl adjacent to an activating group) is 1. The molecule has 1 aliphatic heterocycles. The number of sulfonamides is 1. The van der Waals surface area contributed by atoms with Crippen LogP contribution in [0.1, 0.15) is 17.3 Å². The van der Waals surface area contributed by atoms with Crippen LogP contribution in [0.3, 0.4) is 0 Å². The number of ether oxygens (including phenoxy) is 1. The van der Waals surface area contributed by atoms with Crippen molar-refractivity contribution >= 4 is 43.9 Å². The molecule has 0 radical (unpaired) electrons. The lowest BCUT2D eigenvalue weighted by Crippen LogP contribution is -2.40. The predicted octanol–water partition coefficient (Wildman–Crippen LogP) is 2.65. The van der Waals surface area contributed by atoms with Crippen LogP contribution >= 0.6 is 0 Å². The Kier molecular flexibility index (Phi) is 6.77. The number of allylic oxidation sites excluding steroid dienone is 2. The summed E-state index contributed by atoms with van der Waals surface area (Å²) in [5.74, 6) is -0.266. The summed E-state index contributed by atoms with van der Waals surface area (Å²) in [6.45, 7) is 3.00. The molecule has 11 heteroatoms. The van der Waals surface area contributed by atoms with E-state index in [4.69, 9.17) is 10.1 Å². The number of carbonyl (C=O) groups is 1. The number of aromatic amines is 1. The zero-order valence-corrected chi connectivity index (χ0v) is 19.7. The number of rotatable bonds is 8. The molecule has 0 bridgehead atoms. The number of carbonyl (C=O) groups excluding carboxylic acids is 1. The number of Topliss-reactive ketones (excluding diaryl/α,β-unsaturated/α-hetero) is 1. The molecule has 34 heavy (non-hydrogen) atoms. The molecule has 0 atom stereocenters. The first-order valence-electron chi connectivity index (χ1n) is 10.7. The lowest BCUT2D eigenvalue weighted by atomic mass is 10.1. The van der Waals surface area contributed by atoms with Gasteiger partial charge in [-0.2, -0.15) is 4.31 Å². The molecule has 0 spiro atoms. The summed E-state index contributed by atoms with van der Waals surface area (Å²) in [5, 5.41) is 14.3. The summed E-state index contributed by atoms with van der Waals surface area (Å²) in [7, 11) is -2.00. The van der Waals surface area contributed by atoms with Gasteiger partial charge in [0.05, 0.1) is 41.3 Å². The maximum atomic E-state index is 13.0. The van der Waals surface area contributed by atoms with Crippen molar-refractivity contribution in [3.05, 3.63) is 60.1 Å². The molecule has 4 rings (SSSR count). The highest BCUT2D eigenvalue weighted by Gasteiger charge is 2.26. The van der Waals surface area contributed by atoms with Crippen LogP contribution in [-0.2, 0) is 14.8 Å². The van der Waals surface area contributed by atoms with Gasteiger partial charge in [-0.25, -0.2) is 13.4 Å². The number of nitrogens with one attached hydrogen (secondary N) is 4. The molecule has 10 nitrogen and oxygen atoms in total. The first-order valence-corrected chi connectivity index (χ1v) is 12.1. The second-order valence-electron chi connectivity index (χ2n) is 7.81. The summed E-state index contributed by atoms with van der Waals surface area (Å²) in [6, 6.07) is 8.36. The average Bonchev–Trinajstić information content (AvgIpc) is 3.26. The number of ketones is 1. The largest absolute Gasteiger partial charge is 0.385 e. The van der Waals surface area contributed by atoms with Crippen molar-refractivity contribution in [2.75, 3.05) is 38.7 Å². The molecule has 3 heterocycles. The fraction of sp³-hybridized carbons (Fsp3) is 0.261. The van der Waals surface area contributed by atoms with Gasteiger partial charge in [0.25, 0.3) is 0 Å². The molecule has 1 fully saturated rings. The van der Waals surface area contributed by atoms with Gasteiger partial charge in [-0.3, -0.25) is 4.79 Å². The highest BCUT2D eigenvalue weighted by molar-refractivity contribution is 7.89. The van der Waals surface area contributed by atoms with Gasteiger partial charge >= 0.3 is 0 Å². The summed E-state index contributed by atoms with van der Waals surface area (Å²) < 4.78 is 32.6. The number of hydrogen-bond donors (Lipinski definition) is 4. The minimum Gasteiger partial charge on any atom is -0.385 e. The first kappa shape index (κ1) is 23.6. The molecule has 178 valence electrons. The number of hydrogen-bond acceptors (Lipinski definition) is 8. The molecule has 0 unspecified atom stereocenters. The van der Waals surface area contributed by atoms with Gasteiger partial charge in [0.1, 0.15) is 5.65 Å². The van der Waals surface area contributed by atoms with Crippen molar-refractivity contribution in [2.45, 2.75) is 11.8 Å². The fourth-order valence-electron chi connectivity index (χ4n) is 3.71. The van der Waals surface area contributed by atoms with Crippen LogP contribution in [0.15, 0.2) is 59.4 Å². The molecule has 1 aromatic carbocycles. The SMILES string of the molecule is CN/C(=C\C(C)=N)C(=O)c1c[nH]c2ncc(Nc3cccc(S(=O)(=O)N4CCOCC4)c3)cc12. The first-order chi connectivity index (χ1) is 16.3. The number of aromatic nitrogens is 2. The van der Waals surface area contributed by atoms with Crippen LogP contribution < -0.4 is 10.6 Å². The minimum absolute atomic E-state index is 0.191. The molecular weight excluding hydrogens is 456 g/mol. The minimum atomic E-state index is -3.63. The van der Waals surface area contributed by atoms with E-state index in [0.29, 0.717) is 60.0 Å². The van der Waals surface area contributed by atoms with E-state index in [1.807, 2.05) is 0 Å². The molecule has 0 aliphatic carbocycles.